The van der Waals surface area contributed by atoms with E-state index in [0.717, 1.165) is 0 Å². The van der Waals surface area contributed by atoms with Crippen molar-refractivity contribution < 1.29 is 14.6 Å². The van der Waals surface area contributed by atoms with E-state index in [1.54, 1.807) is 25.1 Å². The lowest BCUT2D eigenvalue weighted by Crippen LogP contribution is -2.44. The molecule has 20 heavy (non-hydrogen) atoms. The number of carbonyl (C=O) groups excluding carboxylic acids is 1. The quantitative estimate of drug-likeness (QED) is 0.816. The van der Waals surface area contributed by atoms with Crippen LogP contribution in [-0.2, 0) is 4.79 Å². The Labute approximate surface area is 132 Å². The fraction of sp³-hybridized carbons (Fsp3) is 0.500. The Hall–Kier alpha value is -0.780. The molecule has 0 aliphatic heterocycles. The van der Waals surface area contributed by atoms with E-state index < -0.39 is 6.10 Å². The second-order valence-corrected chi connectivity index (χ2v) is 6.08. The molecule has 0 fully saturated rings. The number of hydrogen-bond donors (Lipinski definition) is 2. The molecule has 4 nitrogen and oxygen atoms in total. The summed E-state index contributed by atoms with van der Waals surface area (Å²) < 4.78 is 6.29. The molecule has 3 atom stereocenters. The molecule has 0 spiro atoms. The Morgan fingerprint density at radius 3 is 2.65 bits per heavy atom. The number of halogens is 2. The van der Waals surface area contributed by atoms with Gasteiger partial charge in [0.05, 0.1) is 4.47 Å². The topological polar surface area (TPSA) is 58.6 Å². The second-order valence-electron chi connectivity index (χ2n) is 4.79. The number of amides is 1. The number of carbonyl (C=O) groups is 1. The van der Waals surface area contributed by atoms with Crippen molar-refractivity contribution in [3.8, 4) is 5.75 Å². The van der Waals surface area contributed by atoms with Crippen LogP contribution in [0.5, 0.6) is 5.75 Å². The predicted octanol–water partition coefficient (Wildman–Crippen LogP) is 3.00. The highest BCUT2D eigenvalue weighted by Gasteiger charge is 2.20. The highest BCUT2D eigenvalue weighted by Crippen LogP contribution is 2.28. The van der Waals surface area contributed by atoms with E-state index in [1.807, 2.05) is 13.8 Å². The highest BCUT2D eigenvalue weighted by molar-refractivity contribution is 9.10. The first-order valence-corrected chi connectivity index (χ1v) is 7.55. The van der Waals surface area contributed by atoms with Gasteiger partial charge in [-0.2, -0.15) is 0 Å². The van der Waals surface area contributed by atoms with E-state index in [9.17, 15) is 4.79 Å². The van der Waals surface area contributed by atoms with E-state index in [0.29, 0.717) is 15.2 Å². The van der Waals surface area contributed by atoms with Gasteiger partial charge in [0.25, 0.3) is 5.91 Å². The third-order valence-corrected chi connectivity index (χ3v) is 3.93. The molecule has 6 heteroatoms. The maximum absolute atomic E-state index is 12.0. The molecular weight excluding hydrogens is 346 g/mol. The summed E-state index contributed by atoms with van der Waals surface area (Å²) in [4.78, 5) is 12.0. The Balaban J connectivity index is 2.61. The fourth-order valence-corrected chi connectivity index (χ4v) is 2.23. The zero-order valence-corrected chi connectivity index (χ0v) is 14.0. The minimum atomic E-state index is -0.638. The molecule has 1 aromatic rings. The Bertz CT molecular complexity index is 470. The van der Waals surface area contributed by atoms with Gasteiger partial charge in [0.15, 0.2) is 6.10 Å². The van der Waals surface area contributed by atoms with Crippen LogP contribution in [-0.4, -0.2) is 29.8 Å². The number of aliphatic hydroxyl groups excluding tert-OH is 1. The van der Waals surface area contributed by atoms with Gasteiger partial charge in [0.2, 0.25) is 0 Å². The van der Waals surface area contributed by atoms with E-state index in [4.69, 9.17) is 21.4 Å². The Kier molecular flexibility index (Phi) is 6.79. The van der Waals surface area contributed by atoms with Crippen molar-refractivity contribution >= 4 is 33.4 Å². The number of rotatable bonds is 6. The lowest BCUT2D eigenvalue weighted by molar-refractivity contribution is -0.128. The molecule has 1 amide bonds. The molecule has 0 saturated carbocycles. The molecule has 0 aliphatic rings. The van der Waals surface area contributed by atoms with Crippen molar-refractivity contribution in [1.29, 1.82) is 0 Å². The van der Waals surface area contributed by atoms with Crippen LogP contribution in [0.4, 0.5) is 0 Å². The standard InChI is InChI=1S/C14H19BrClNO3/c1-8(7-18)9(2)17-14(19)10(3)20-13-5-4-11(16)6-12(13)15/h4-6,8-10,18H,7H2,1-3H3,(H,17,19). The van der Waals surface area contributed by atoms with Gasteiger partial charge in [-0.05, 0) is 53.9 Å². The van der Waals surface area contributed by atoms with Crippen LogP contribution in [0.3, 0.4) is 0 Å². The number of benzene rings is 1. The van der Waals surface area contributed by atoms with Crippen molar-refractivity contribution in [1.82, 2.24) is 5.32 Å². The van der Waals surface area contributed by atoms with Crippen LogP contribution in [0.2, 0.25) is 5.02 Å². The van der Waals surface area contributed by atoms with E-state index in [1.165, 1.54) is 0 Å². The first-order chi connectivity index (χ1) is 9.35. The molecule has 0 aliphatic carbocycles. The van der Waals surface area contributed by atoms with Crippen molar-refractivity contribution in [3.05, 3.63) is 27.7 Å². The number of aliphatic hydroxyl groups is 1. The average molecular weight is 365 g/mol. The molecule has 0 bridgehead atoms. The molecule has 0 saturated heterocycles. The SMILES string of the molecule is CC(Oc1ccc(Cl)cc1Br)C(=O)NC(C)C(C)CO. The van der Waals surface area contributed by atoms with Crippen LogP contribution >= 0.6 is 27.5 Å². The summed E-state index contributed by atoms with van der Waals surface area (Å²) in [5.74, 6) is 0.327. The summed E-state index contributed by atoms with van der Waals surface area (Å²) in [6, 6.07) is 4.99. The van der Waals surface area contributed by atoms with Gasteiger partial charge in [-0.1, -0.05) is 18.5 Å². The van der Waals surface area contributed by atoms with E-state index >= 15 is 0 Å². The summed E-state index contributed by atoms with van der Waals surface area (Å²) in [5, 5.41) is 12.5. The summed E-state index contributed by atoms with van der Waals surface area (Å²) >= 11 is 9.18. The van der Waals surface area contributed by atoms with Crippen LogP contribution in [0.25, 0.3) is 0 Å². The molecule has 1 aromatic carbocycles. The number of ether oxygens (including phenoxy) is 1. The van der Waals surface area contributed by atoms with Crippen LogP contribution in [0.1, 0.15) is 20.8 Å². The maximum atomic E-state index is 12.0. The molecule has 112 valence electrons. The van der Waals surface area contributed by atoms with Crippen LogP contribution in [0.15, 0.2) is 22.7 Å². The normalized spacial score (nSPS) is 15.3. The molecule has 1 rings (SSSR count). The maximum Gasteiger partial charge on any atom is 0.260 e. The molecule has 3 unspecified atom stereocenters. The van der Waals surface area contributed by atoms with Crippen molar-refractivity contribution in [3.63, 3.8) is 0 Å². The van der Waals surface area contributed by atoms with Gasteiger partial charge in [0, 0.05) is 17.7 Å². The fourth-order valence-electron chi connectivity index (χ4n) is 1.46. The first-order valence-electron chi connectivity index (χ1n) is 6.38. The molecule has 0 heterocycles. The van der Waals surface area contributed by atoms with E-state index in [-0.39, 0.29) is 24.5 Å². The summed E-state index contributed by atoms with van der Waals surface area (Å²) in [6.07, 6.45) is -0.638. The summed E-state index contributed by atoms with van der Waals surface area (Å²) in [7, 11) is 0. The number of nitrogens with one attached hydrogen (secondary N) is 1. The van der Waals surface area contributed by atoms with Gasteiger partial charge >= 0.3 is 0 Å². The smallest absolute Gasteiger partial charge is 0.260 e. The van der Waals surface area contributed by atoms with Crippen molar-refractivity contribution in [2.45, 2.75) is 32.9 Å². The van der Waals surface area contributed by atoms with Crippen molar-refractivity contribution in [2.75, 3.05) is 6.61 Å². The van der Waals surface area contributed by atoms with Gasteiger partial charge in [0.1, 0.15) is 5.75 Å². The summed E-state index contributed by atoms with van der Waals surface area (Å²) in [6.45, 7) is 5.42. The van der Waals surface area contributed by atoms with Crippen LogP contribution in [0, 0.1) is 5.92 Å². The number of hydrogen-bond acceptors (Lipinski definition) is 3. The summed E-state index contributed by atoms with van der Waals surface area (Å²) in [5.41, 5.74) is 0. The monoisotopic (exact) mass is 363 g/mol. The predicted molar refractivity (Wildman–Crippen MR) is 83.1 cm³/mol. The van der Waals surface area contributed by atoms with Crippen LogP contribution < -0.4 is 10.1 Å². The third kappa shape index (κ3) is 4.96. The molecule has 0 aromatic heterocycles. The lowest BCUT2D eigenvalue weighted by Gasteiger charge is -2.22. The molecule has 0 radical (unpaired) electrons. The zero-order chi connectivity index (χ0) is 15.3. The van der Waals surface area contributed by atoms with Gasteiger partial charge in [-0.3, -0.25) is 4.79 Å². The minimum absolute atomic E-state index is 0.00609. The third-order valence-electron chi connectivity index (χ3n) is 3.08. The Morgan fingerprint density at radius 2 is 2.10 bits per heavy atom. The zero-order valence-electron chi connectivity index (χ0n) is 11.7. The van der Waals surface area contributed by atoms with Gasteiger partial charge in [-0.15, -0.1) is 0 Å². The highest BCUT2D eigenvalue weighted by atomic mass is 79.9. The molecule has 2 N–H and O–H groups in total. The lowest BCUT2D eigenvalue weighted by atomic mass is 10.1. The first kappa shape index (κ1) is 17.3. The van der Waals surface area contributed by atoms with Crippen molar-refractivity contribution in [2.24, 2.45) is 5.92 Å². The molecular formula is C14H19BrClNO3. The van der Waals surface area contributed by atoms with Gasteiger partial charge in [-0.25, -0.2) is 0 Å². The second kappa shape index (κ2) is 7.86. The minimum Gasteiger partial charge on any atom is -0.480 e. The largest absolute Gasteiger partial charge is 0.480 e. The van der Waals surface area contributed by atoms with Gasteiger partial charge < -0.3 is 15.2 Å². The van der Waals surface area contributed by atoms with E-state index in [2.05, 4.69) is 21.2 Å². The average Bonchev–Trinajstić information content (AvgIpc) is 2.40. The Morgan fingerprint density at radius 1 is 1.45 bits per heavy atom.